The highest BCUT2D eigenvalue weighted by atomic mass is 16.7. The molecule has 184 valence electrons. The molecular formula is C27H31N3O5. The van der Waals surface area contributed by atoms with Crippen LogP contribution >= 0.6 is 0 Å². The van der Waals surface area contributed by atoms with Crippen LogP contribution in [-0.4, -0.2) is 33.0 Å². The fourth-order valence-electron chi connectivity index (χ4n) is 4.41. The van der Waals surface area contributed by atoms with Crippen molar-refractivity contribution in [1.29, 1.82) is 0 Å². The van der Waals surface area contributed by atoms with Crippen molar-refractivity contribution in [3.63, 3.8) is 0 Å². The van der Waals surface area contributed by atoms with Crippen LogP contribution < -0.4 is 14.4 Å². The fraction of sp³-hybridized carbons (Fsp3) is 0.370. The lowest BCUT2D eigenvalue weighted by Gasteiger charge is -2.32. The average molecular weight is 478 g/mol. The van der Waals surface area contributed by atoms with Gasteiger partial charge in [0.25, 0.3) is 0 Å². The van der Waals surface area contributed by atoms with Gasteiger partial charge in [-0.3, -0.25) is 9.69 Å². The van der Waals surface area contributed by atoms with Gasteiger partial charge in [-0.15, -0.1) is 5.10 Å². The van der Waals surface area contributed by atoms with Crippen LogP contribution in [0.15, 0.2) is 60.8 Å². The SMILES string of the molecule is CC1CCC(C(=O)N(c2nn(-c3ccc(Oc4ccccc4)cc3)cc2OC(=O)O)C(C)C)CC1. The summed E-state index contributed by atoms with van der Waals surface area (Å²) in [4.78, 5) is 26.5. The first-order chi connectivity index (χ1) is 16.8. The summed E-state index contributed by atoms with van der Waals surface area (Å²) in [6.45, 7) is 5.99. The Labute approximate surface area is 205 Å². The van der Waals surface area contributed by atoms with Gasteiger partial charge in [0.05, 0.1) is 11.9 Å². The van der Waals surface area contributed by atoms with Crippen molar-refractivity contribution < 1.29 is 24.2 Å². The highest BCUT2D eigenvalue weighted by Gasteiger charge is 2.34. The lowest BCUT2D eigenvalue weighted by atomic mass is 9.82. The molecule has 1 saturated carbocycles. The first kappa shape index (κ1) is 24.3. The van der Waals surface area contributed by atoms with Crippen molar-refractivity contribution in [2.24, 2.45) is 11.8 Å². The second-order valence-electron chi connectivity index (χ2n) is 9.30. The van der Waals surface area contributed by atoms with Crippen LogP contribution in [0.25, 0.3) is 5.69 Å². The van der Waals surface area contributed by atoms with Gasteiger partial charge in [-0.25, -0.2) is 9.48 Å². The number of carbonyl (C=O) groups excluding carboxylic acids is 1. The van der Waals surface area contributed by atoms with Crippen LogP contribution in [-0.2, 0) is 4.79 Å². The maximum Gasteiger partial charge on any atom is 0.511 e. The van der Waals surface area contributed by atoms with Gasteiger partial charge < -0.3 is 14.6 Å². The summed E-state index contributed by atoms with van der Waals surface area (Å²) >= 11 is 0. The van der Waals surface area contributed by atoms with Crippen molar-refractivity contribution in [2.75, 3.05) is 4.90 Å². The van der Waals surface area contributed by atoms with Crippen LogP contribution in [0.5, 0.6) is 17.2 Å². The Morgan fingerprint density at radius 1 is 1.00 bits per heavy atom. The molecule has 4 rings (SSSR count). The number of carbonyl (C=O) groups is 2. The topological polar surface area (TPSA) is 93.9 Å². The summed E-state index contributed by atoms with van der Waals surface area (Å²) in [5.41, 5.74) is 0.676. The van der Waals surface area contributed by atoms with E-state index in [0.717, 1.165) is 31.4 Å². The Balaban J connectivity index is 1.62. The molecule has 1 heterocycles. The van der Waals surface area contributed by atoms with Crippen LogP contribution in [0.4, 0.5) is 10.6 Å². The molecule has 1 aliphatic carbocycles. The first-order valence-corrected chi connectivity index (χ1v) is 12.0. The van der Waals surface area contributed by atoms with E-state index in [-0.39, 0.29) is 29.4 Å². The summed E-state index contributed by atoms with van der Waals surface area (Å²) in [7, 11) is 0. The Kier molecular flexibility index (Phi) is 7.39. The normalized spacial score (nSPS) is 17.7. The van der Waals surface area contributed by atoms with Gasteiger partial charge >= 0.3 is 6.16 Å². The molecule has 8 nitrogen and oxygen atoms in total. The van der Waals surface area contributed by atoms with Gasteiger partial charge in [0.2, 0.25) is 11.7 Å². The molecule has 1 amide bonds. The van der Waals surface area contributed by atoms with E-state index in [4.69, 9.17) is 9.47 Å². The number of hydrogen-bond donors (Lipinski definition) is 1. The number of aromatic nitrogens is 2. The van der Waals surface area contributed by atoms with E-state index >= 15 is 0 Å². The molecule has 0 saturated heterocycles. The van der Waals surface area contributed by atoms with Crippen molar-refractivity contribution in [3.05, 3.63) is 60.8 Å². The fourth-order valence-corrected chi connectivity index (χ4v) is 4.41. The lowest BCUT2D eigenvalue weighted by molar-refractivity contribution is -0.124. The van der Waals surface area contributed by atoms with Gasteiger partial charge in [0.1, 0.15) is 11.5 Å². The number of rotatable bonds is 7. The van der Waals surface area contributed by atoms with E-state index in [9.17, 15) is 14.7 Å². The van der Waals surface area contributed by atoms with Gasteiger partial charge in [-0.2, -0.15) is 0 Å². The molecule has 0 radical (unpaired) electrons. The molecule has 1 fully saturated rings. The number of anilines is 1. The second kappa shape index (κ2) is 10.6. The Bertz CT molecular complexity index is 1150. The molecule has 0 bridgehead atoms. The zero-order valence-corrected chi connectivity index (χ0v) is 20.3. The van der Waals surface area contributed by atoms with E-state index in [2.05, 4.69) is 12.0 Å². The van der Waals surface area contributed by atoms with Crippen LogP contribution in [0.1, 0.15) is 46.5 Å². The first-order valence-electron chi connectivity index (χ1n) is 12.0. The van der Waals surface area contributed by atoms with E-state index in [1.807, 2.05) is 56.3 Å². The molecule has 1 N–H and O–H groups in total. The zero-order valence-electron chi connectivity index (χ0n) is 20.3. The Morgan fingerprint density at radius 2 is 1.63 bits per heavy atom. The Morgan fingerprint density at radius 3 is 2.23 bits per heavy atom. The molecule has 1 aromatic heterocycles. The quantitative estimate of drug-likeness (QED) is 0.402. The largest absolute Gasteiger partial charge is 0.511 e. The van der Waals surface area contributed by atoms with Crippen molar-refractivity contribution in [2.45, 2.75) is 52.5 Å². The van der Waals surface area contributed by atoms with Gasteiger partial charge in [0.15, 0.2) is 5.75 Å². The molecule has 3 aromatic rings. The molecule has 1 aliphatic rings. The standard InChI is InChI=1S/C27H31N3O5/c1-18(2)30(26(31)20-11-9-19(3)10-12-20)25-24(35-27(32)33)17-29(28-25)21-13-15-23(16-14-21)34-22-7-5-4-6-8-22/h4-8,13-20H,9-12H2,1-3H3,(H,32,33). The minimum Gasteiger partial charge on any atom is -0.457 e. The van der Waals surface area contributed by atoms with E-state index in [1.165, 1.54) is 10.9 Å². The highest BCUT2D eigenvalue weighted by Crippen LogP contribution is 2.35. The van der Waals surface area contributed by atoms with Crippen molar-refractivity contribution in [1.82, 2.24) is 9.78 Å². The summed E-state index contributed by atoms with van der Waals surface area (Å²) in [6.07, 6.45) is 3.69. The maximum atomic E-state index is 13.5. The van der Waals surface area contributed by atoms with Crippen molar-refractivity contribution in [3.8, 4) is 22.9 Å². The number of nitrogens with zero attached hydrogens (tertiary/aromatic N) is 3. The third-order valence-corrected chi connectivity index (χ3v) is 6.29. The summed E-state index contributed by atoms with van der Waals surface area (Å²) in [6, 6.07) is 16.5. The van der Waals surface area contributed by atoms with Crippen LogP contribution in [0.2, 0.25) is 0 Å². The minimum absolute atomic E-state index is 0.0216. The summed E-state index contributed by atoms with van der Waals surface area (Å²) in [5.74, 6) is 2.07. The third kappa shape index (κ3) is 5.82. The van der Waals surface area contributed by atoms with Gasteiger partial charge in [0, 0.05) is 12.0 Å². The molecule has 0 spiro atoms. The zero-order chi connectivity index (χ0) is 24.9. The monoisotopic (exact) mass is 477 g/mol. The van der Waals surface area contributed by atoms with Gasteiger partial charge in [-0.1, -0.05) is 25.1 Å². The number of benzene rings is 2. The second-order valence-corrected chi connectivity index (χ2v) is 9.30. The number of hydrogen-bond acceptors (Lipinski definition) is 5. The molecular weight excluding hydrogens is 446 g/mol. The maximum absolute atomic E-state index is 13.5. The summed E-state index contributed by atoms with van der Waals surface area (Å²) in [5, 5.41) is 13.9. The predicted octanol–water partition coefficient (Wildman–Crippen LogP) is 6.29. The van der Waals surface area contributed by atoms with Gasteiger partial charge in [-0.05, 0) is 81.8 Å². The van der Waals surface area contributed by atoms with E-state index in [1.54, 1.807) is 17.0 Å². The smallest absolute Gasteiger partial charge is 0.457 e. The van der Waals surface area contributed by atoms with Crippen molar-refractivity contribution >= 4 is 17.9 Å². The van der Waals surface area contributed by atoms with E-state index < -0.39 is 6.16 Å². The van der Waals surface area contributed by atoms with Crippen LogP contribution in [0, 0.1) is 11.8 Å². The molecule has 0 atom stereocenters. The summed E-state index contributed by atoms with van der Waals surface area (Å²) < 4.78 is 12.4. The molecule has 0 aliphatic heterocycles. The predicted molar refractivity (Wildman–Crippen MR) is 132 cm³/mol. The number of carboxylic acid groups (broad SMARTS) is 1. The minimum atomic E-state index is -1.46. The molecule has 0 unspecified atom stereocenters. The number of ether oxygens (including phenoxy) is 2. The van der Waals surface area contributed by atoms with E-state index in [0.29, 0.717) is 17.4 Å². The highest BCUT2D eigenvalue weighted by molar-refractivity contribution is 5.96. The third-order valence-electron chi connectivity index (χ3n) is 6.29. The number of para-hydroxylation sites is 1. The van der Waals surface area contributed by atoms with Crippen LogP contribution in [0.3, 0.4) is 0 Å². The molecule has 2 aromatic carbocycles. The average Bonchev–Trinajstić information content (AvgIpc) is 3.23. The lowest BCUT2D eigenvalue weighted by Crippen LogP contribution is -2.42. The Hall–Kier alpha value is -3.81. The number of amides is 1. The molecule has 35 heavy (non-hydrogen) atoms. The molecule has 8 heteroatoms.